The first-order valence-electron chi connectivity index (χ1n) is 6.65. The first kappa shape index (κ1) is 13.5. The third kappa shape index (κ3) is 2.82. The Morgan fingerprint density at radius 1 is 0.700 bits per heavy atom. The lowest BCUT2D eigenvalue weighted by atomic mass is 10.2. The summed E-state index contributed by atoms with van der Waals surface area (Å²) < 4.78 is 1.43. The van der Waals surface area contributed by atoms with E-state index in [1.807, 2.05) is 11.3 Å². The van der Waals surface area contributed by atoms with Gasteiger partial charge in [-0.1, -0.05) is 46.7 Å². The summed E-state index contributed by atoms with van der Waals surface area (Å²) in [7, 11) is 0.0185. The van der Waals surface area contributed by atoms with E-state index in [4.69, 9.17) is 0 Å². The minimum Gasteiger partial charge on any atom is -0.0936 e. The predicted molar refractivity (Wildman–Crippen MR) is 88.8 cm³/mol. The van der Waals surface area contributed by atoms with Crippen molar-refractivity contribution in [3.05, 3.63) is 77.2 Å². The van der Waals surface area contributed by atoms with Crippen molar-refractivity contribution in [2.75, 3.05) is 0 Å². The van der Waals surface area contributed by atoms with Gasteiger partial charge in [0.2, 0.25) is 4.21 Å². The molecule has 0 N–H and O–H groups in total. The molecule has 0 saturated heterocycles. The zero-order valence-corrected chi connectivity index (χ0v) is 13.3. The highest BCUT2D eigenvalue weighted by molar-refractivity contribution is 7.98. The van der Waals surface area contributed by atoms with Gasteiger partial charge in [-0.15, -0.1) is 0 Å². The van der Waals surface area contributed by atoms with Crippen LogP contribution >= 0.6 is 11.3 Å². The fraction of sp³-hybridized carbons (Fsp3) is 0.111. The van der Waals surface area contributed by atoms with Crippen LogP contribution in [0.2, 0.25) is 0 Å². The first-order valence-corrected chi connectivity index (χ1v) is 8.75. The van der Waals surface area contributed by atoms with E-state index >= 15 is 0 Å². The molecule has 20 heavy (non-hydrogen) atoms. The molecule has 1 heterocycles. The van der Waals surface area contributed by atoms with Gasteiger partial charge >= 0.3 is 0 Å². The Morgan fingerprint density at radius 3 is 1.60 bits per heavy atom. The fourth-order valence-corrected chi connectivity index (χ4v) is 5.44. The minimum atomic E-state index is 0.0185. The Bertz CT molecular complexity index is 619. The highest BCUT2D eigenvalue weighted by atomic mass is 32.2. The van der Waals surface area contributed by atoms with Crippen LogP contribution in [0.1, 0.15) is 11.1 Å². The topological polar surface area (TPSA) is 0 Å². The summed E-state index contributed by atoms with van der Waals surface area (Å²) in [6.07, 6.45) is 0. The molecule has 0 nitrogen and oxygen atoms in total. The van der Waals surface area contributed by atoms with Gasteiger partial charge in [0, 0.05) is 6.07 Å². The van der Waals surface area contributed by atoms with Crippen molar-refractivity contribution in [3.63, 3.8) is 0 Å². The molecule has 0 bridgehead atoms. The standard InChI is InChI=1S/C18H17S2/c1-14-5-9-16(10-6-14)20(18-4-3-13-19-18)17-11-7-15(2)8-12-17/h3-13H,1-2H3/q+1. The first-order chi connectivity index (χ1) is 9.74. The normalized spacial score (nSPS) is 10.9. The van der Waals surface area contributed by atoms with Gasteiger partial charge in [-0.3, -0.25) is 0 Å². The van der Waals surface area contributed by atoms with Crippen molar-refractivity contribution in [1.29, 1.82) is 0 Å². The molecule has 0 unspecified atom stereocenters. The van der Waals surface area contributed by atoms with Gasteiger partial charge in [-0.25, -0.2) is 0 Å². The predicted octanol–water partition coefficient (Wildman–Crippen LogP) is 5.46. The van der Waals surface area contributed by atoms with E-state index in [0.717, 1.165) is 0 Å². The van der Waals surface area contributed by atoms with E-state index < -0.39 is 0 Å². The van der Waals surface area contributed by atoms with Gasteiger partial charge in [-0.2, -0.15) is 0 Å². The molecule has 0 aliphatic carbocycles. The van der Waals surface area contributed by atoms with Crippen molar-refractivity contribution in [2.24, 2.45) is 0 Å². The van der Waals surface area contributed by atoms with Gasteiger partial charge in [0.05, 0.1) is 0 Å². The Hall–Kier alpha value is -1.51. The van der Waals surface area contributed by atoms with Crippen LogP contribution in [0, 0.1) is 13.8 Å². The zero-order valence-electron chi connectivity index (χ0n) is 11.7. The summed E-state index contributed by atoms with van der Waals surface area (Å²) in [6, 6.07) is 22.3. The number of hydrogen-bond donors (Lipinski definition) is 0. The van der Waals surface area contributed by atoms with Crippen LogP contribution in [-0.4, -0.2) is 0 Å². The number of rotatable bonds is 3. The number of hydrogen-bond acceptors (Lipinski definition) is 1. The molecule has 3 aromatic rings. The lowest BCUT2D eigenvalue weighted by Gasteiger charge is -2.06. The van der Waals surface area contributed by atoms with Gasteiger partial charge in [0.25, 0.3) is 0 Å². The van der Waals surface area contributed by atoms with Crippen LogP contribution < -0.4 is 0 Å². The maximum atomic E-state index is 2.26. The number of aryl methyl sites for hydroxylation is 2. The monoisotopic (exact) mass is 297 g/mol. The van der Waals surface area contributed by atoms with Crippen LogP contribution in [0.3, 0.4) is 0 Å². The molecule has 100 valence electrons. The summed E-state index contributed by atoms with van der Waals surface area (Å²) >= 11 is 1.84. The van der Waals surface area contributed by atoms with Gasteiger partial charge in [0.15, 0.2) is 9.79 Å². The largest absolute Gasteiger partial charge is 0.220 e. The second kappa shape index (κ2) is 5.86. The molecule has 0 saturated carbocycles. The summed E-state index contributed by atoms with van der Waals surface area (Å²) in [6.45, 7) is 4.28. The van der Waals surface area contributed by atoms with Crippen molar-refractivity contribution in [1.82, 2.24) is 0 Å². The van der Waals surface area contributed by atoms with Gasteiger partial charge in [0.1, 0.15) is 10.9 Å². The summed E-state index contributed by atoms with van der Waals surface area (Å²) in [4.78, 5) is 2.78. The lowest BCUT2D eigenvalue weighted by Crippen LogP contribution is -2.02. The summed E-state index contributed by atoms with van der Waals surface area (Å²) in [5.41, 5.74) is 2.62. The summed E-state index contributed by atoms with van der Waals surface area (Å²) in [5.74, 6) is 0. The molecule has 1 aromatic heterocycles. The SMILES string of the molecule is Cc1ccc([S+](c2ccc(C)cc2)c2cccs2)cc1. The van der Waals surface area contributed by atoms with Gasteiger partial charge in [-0.05, 0) is 49.6 Å². The molecular weight excluding hydrogens is 280 g/mol. The van der Waals surface area contributed by atoms with Crippen molar-refractivity contribution in [2.45, 2.75) is 27.8 Å². The van der Waals surface area contributed by atoms with Crippen molar-refractivity contribution < 1.29 is 0 Å². The van der Waals surface area contributed by atoms with E-state index in [9.17, 15) is 0 Å². The molecule has 0 atom stereocenters. The second-order valence-corrected chi connectivity index (χ2v) is 8.07. The van der Waals surface area contributed by atoms with Crippen LogP contribution in [0.25, 0.3) is 0 Å². The van der Waals surface area contributed by atoms with Crippen molar-refractivity contribution >= 4 is 22.2 Å². The van der Waals surface area contributed by atoms with E-state index in [1.54, 1.807) is 0 Å². The fourth-order valence-electron chi connectivity index (χ4n) is 2.10. The Labute approximate surface area is 127 Å². The number of benzene rings is 2. The minimum absolute atomic E-state index is 0.0185. The Morgan fingerprint density at radius 2 is 1.20 bits per heavy atom. The zero-order chi connectivity index (χ0) is 13.9. The smallest absolute Gasteiger partial charge is 0.0936 e. The van der Waals surface area contributed by atoms with Crippen LogP contribution in [-0.2, 0) is 10.9 Å². The molecule has 0 fully saturated rings. The van der Waals surface area contributed by atoms with Crippen molar-refractivity contribution in [3.8, 4) is 0 Å². The van der Waals surface area contributed by atoms with Gasteiger partial charge < -0.3 is 0 Å². The van der Waals surface area contributed by atoms with Crippen LogP contribution in [0.5, 0.6) is 0 Å². The molecule has 0 aliphatic rings. The molecule has 3 rings (SSSR count). The molecule has 0 amide bonds. The molecule has 0 aliphatic heterocycles. The van der Waals surface area contributed by atoms with Crippen LogP contribution in [0.15, 0.2) is 80.0 Å². The molecular formula is C18H17S2+. The summed E-state index contributed by atoms with van der Waals surface area (Å²) in [5, 5.41) is 2.16. The van der Waals surface area contributed by atoms with Crippen LogP contribution in [0.4, 0.5) is 0 Å². The Kier molecular flexibility index (Phi) is 3.95. The molecule has 0 spiro atoms. The van der Waals surface area contributed by atoms with E-state index in [-0.39, 0.29) is 10.9 Å². The average molecular weight is 297 g/mol. The molecule has 0 radical (unpaired) electrons. The maximum Gasteiger partial charge on any atom is 0.220 e. The van der Waals surface area contributed by atoms with E-state index in [2.05, 4.69) is 79.9 Å². The number of thiophene rings is 1. The molecule has 2 heteroatoms. The third-order valence-corrected chi connectivity index (χ3v) is 6.69. The highest BCUT2D eigenvalue weighted by Gasteiger charge is 2.29. The van der Waals surface area contributed by atoms with E-state index in [0.29, 0.717) is 0 Å². The quantitative estimate of drug-likeness (QED) is 0.563. The second-order valence-electron chi connectivity index (χ2n) is 4.86. The van der Waals surface area contributed by atoms with E-state index in [1.165, 1.54) is 25.1 Å². The average Bonchev–Trinajstić information content (AvgIpc) is 2.97. The molecule has 2 aromatic carbocycles. The maximum absolute atomic E-state index is 2.26. The lowest BCUT2D eigenvalue weighted by molar-refractivity contribution is 1.31. The Balaban J connectivity index is 2.09. The highest BCUT2D eigenvalue weighted by Crippen LogP contribution is 2.34. The third-order valence-electron chi connectivity index (χ3n) is 3.21.